The average molecular weight is 362 g/mol. The highest BCUT2D eigenvalue weighted by molar-refractivity contribution is 5.94. The molecule has 0 saturated heterocycles. The molecule has 0 unspecified atom stereocenters. The Bertz CT molecular complexity index is 912. The van der Waals surface area contributed by atoms with E-state index in [4.69, 9.17) is 0 Å². The van der Waals surface area contributed by atoms with Crippen LogP contribution in [0.3, 0.4) is 0 Å². The fourth-order valence-electron chi connectivity index (χ4n) is 2.15. The number of nitrogens with zero attached hydrogens (tertiary/aromatic N) is 1. The van der Waals surface area contributed by atoms with Crippen LogP contribution in [0.15, 0.2) is 42.5 Å². The summed E-state index contributed by atoms with van der Waals surface area (Å²) in [6.07, 6.45) is -4.44. The predicted octanol–water partition coefficient (Wildman–Crippen LogP) is 3.70. The van der Waals surface area contributed by atoms with Crippen molar-refractivity contribution in [2.75, 3.05) is 6.54 Å². The van der Waals surface area contributed by atoms with E-state index < -0.39 is 22.6 Å². The number of halogens is 3. The maximum atomic E-state index is 12.6. The molecule has 26 heavy (non-hydrogen) atoms. The molecule has 0 saturated carbocycles. The molecule has 0 fully saturated rings. The summed E-state index contributed by atoms with van der Waals surface area (Å²) < 4.78 is 37.8. The molecule has 0 heterocycles. The van der Waals surface area contributed by atoms with Gasteiger partial charge in [0.15, 0.2) is 0 Å². The Morgan fingerprint density at radius 2 is 1.96 bits per heavy atom. The van der Waals surface area contributed by atoms with Gasteiger partial charge >= 0.3 is 6.18 Å². The van der Waals surface area contributed by atoms with E-state index in [1.54, 1.807) is 0 Å². The molecular weight excluding hydrogens is 349 g/mol. The molecule has 0 aliphatic heterocycles. The number of amides is 1. The maximum Gasteiger partial charge on any atom is 0.416 e. The summed E-state index contributed by atoms with van der Waals surface area (Å²) in [5.74, 6) is 4.63. The SMILES string of the molecule is Cc1cc(C(=O)NCC#Cc2cccc(C(F)(F)F)c2)ccc1[N+](=O)[O-]. The molecule has 1 N–H and O–H groups in total. The Morgan fingerprint density at radius 3 is 2.58 bits per heavy atom. The number of alkyl halides is 3. The molecule has 134 valence electrons. The number of carbonyl (C=O) groups is 1. The molecule has 1 amide bonds. The number of nitro benzene ring substituents is 1. The Hall–Kier alpha value is -3.34. The van der Waals surface area contributed by atoms with Gasteiger partial charge in [-0.25, -0.2) is 0 Å². The van der Waals surface area contributed by atoms with Crippen molar-refractivity contribution in [3.63, 3.8) is 0 Å². The molecule has 0 aromatic heterocycles. The minimum absolute atomic E-state index is 0.0783. The quantitative estimate of drug-likeness (QED) is 0.514. The van der Waals surface area contributed by atoms with Crippen LogP contribution in [-0.4, -0.2) is 17.4 Å². The second kappa shape index (κ2) is 7.70. The van der Waals surface area contributed by atoms with Gasteiger partial charge in [-0.15, -0.1) is 0 Å². The van der Waals surface area contributed by atoms with Crippen molar-refractivity contribution in [1.82, 2.24) is 5.32 Å². The molecule has 0 bridgehead atoms. The minimum atomic E-state index is -4.44. The van der Waals surface area contributed by atoms with Gasteiger partial charge in [-0.1, -0.05) is 17.9 Å². The molecule has 2 aromatic rings. The average Bonchev–Trinajstić information content (AvgIpc) is 2.57. The van der Waals surface area contributed by atoms with Crippen LogP contribution in [0.2, 0.25) is 0 Å². The Balaban J connectivity index is 2.01. The number of rotatable bonds is 3. The summed E-state index contributed by atoms with van der Waals surface area (Å²) in [5.41, 5.74) is -0.132. The van der Waals surface area contributed by atoms with E-state index in [2.05, 4.69) is 17.2 Å². The highest BCUT2D eigenvalue weighted by Crippen LogP contribution is 2.29. The van der Waals surface area contributed by atoms with Gasteiger partial charge in [0.2, 0.25) is 0 Å². The summed E-state index contributed by atoms with van der Waals surface area (Å²) in [6.45, 7) is 1.44. The Kier molecular flexibility index (Phi) is 5.62. The van der Waals surface area contributed by atoms with Crippen molar-refractivity contribution in [3.8, 4) is 11.8 Å². The maximum absolute atomic E-state index is 12.6. The minimum Gasteiger partial charge on any atom is -0.341 e. The van der Waals surface area contributed by atoms with E-state index >= 15 is 0 Å². The number of hydrogen-bond acceptors (Lipinski definition) is 3. The lowest BCUT2D eigenvalue weighted by atomic mass is 10.1. The number of nitrogens with one attached hydrogen (secondary N) is 1. The standard InChI is InChI=1S/C18H13F3N2O3/c1-12-10-14(7-8-16(12)23(25)26)17(24)22-9-3-5-13-4-2-6-15(11-13)18(19,20)21/h2,4,6-8,10-11H,9H2,1H3,(H,22,24). The number of nitro groups is 1. The molecule has 5 nitrogen and oxygen atoms in total. The Morgan fingerprint density at radius 1 is 1.23 bits per heavy atom. The van der Waals surface area contributed by atoms with Crippen LogP contribution in [0.5, 0.6) is 0 Å². The number of hydrogen-bond donors (Lipinski definition) is 1. The van der Waals surface area contributed by atoms with Gasteiger partial charge in [0, 0.05) is 22.8 Å². The highest BCUT2D eigenvalue weighted by Gasteiger charge is 2.30. The van der Waals surface area contributed by atoms with Gasteiger partial charge < -0.3 is 5.32 Å². The monoisotopic (exact) mass is 362 g/mol. The van der Waals surface area contributed by atoms with E-state index in [0.717, 1.165) is 12.1 Å². The lowest BCUT2D eigenvalue weighted by Gasteiger charge is -2.05. The normalized spacial score (nSPS) is 10.6. The number of carbonyl (C=O) groups excluding carboxylic acids is 1. The van der Waals surface area contributed by atoms with Gasteiger partial charge in [0.1, 0.15) is 0 Å². The van der Waals surface area contributed by atoms with Crippen molar-refractivity contribution in [3.05, 3.63) is 74.8 Å². The van der Waals surface area contributed by atoms with Crippen molar-refractivity contribution >= 4 is 11.6 Å². The van der Waals surface area contributed by atoms with Gasteiger partial charge in [0.25, 0.3) is 11.6 Å². The molecular formula is C18H13F3N2O3. The molecule has 0 atom stereocenters. The predicted molar refractivity (Wildman–Crippen MR) is 88.5 cm³/mol. The molecule has 0 spiro atoms. The summed E-state index contributed by atoms with van der Waals surface area (Å²) in [5, 5.41) is 13.2. The number of aryl methyl sites for hydroxylation is 1. The molecule has 0 aliphatic carbocycles. The zero-order chi connectivity index (χ0) is 19.3. The van der Waals surface area contributed by atoms with Crippen molar-refractivity contribution in [2.24, 2.45) is 0 Å². The van der Waals surface area contributed by atoms with Gasteiger partial charge in [-0.05, 0) is 37.3 Å². The first kappa shape index (κ1) is 19.0. The third-order valence-electron chi connectivity index (χ3n) is 3.42. The topological polar surface area (TPSA) is 72.2 Å². The van der Waals surface area contributed by atoms with Crippen LogP contribution in [0.1, 0.15) is 27.0 Å². The summed E-state index contributed by atoms with van der Waals surface area (Å²) in [6, 6.07) is 8.50. The first-order valence-corrected chi connectivity index (χ1v) is 7.38. The van der Waals surface area contributed by atoms with E-state index in [0.29, 0.717) is 5.56 Å². The fourth-order valence-corrected chi connectivity index (χ4v) is 2.15. The summed E-state index contributed by atoms with van der Waals surface area (Å²) in [7, 11) is 0. The molecule has 8 heteroatoms. The Labute approximate surface area is 147 Å². The third kappa shape index (κ3) is 4.83. The first-order valence-electron chi connectivity index (χ1n) is 7.38. The number of benzene rings is 2. The van der Waals surface area contributed by atoms with Gasteiger partial charge in [-0.2, -0.15) is 13.2 Å². The summed E-state index contributed by atoms with van der Waals surface area (Å²) in [4.78, 5) is 22.2. The van der Waals surface area contributed by atoms with Gasteiger partial charge in [-0.3, -0.25) is 14.9 Å². The van der Waals surface area contributed by atoms with Gasteiger partial charge in [0.05, 0.1) is 17.0 Å². The molecule has 2 rings (SSSR count). The van der Waals surface area contributed by atoms with Crippen LogP contribution in [0.25, 0.3) is 0 Å². The van der Waals surface area contributed by atoms with E-state index in [1.165, 1.54) is 37.3 Å². The van der Waals surface area contributed by atoms with Crippen LogP contribution in [0, 0.1) is 28.9 Å². The largest absolute Gasteiger partial charge is 0.416 e. The lowest BCUT2D eigenvalue weighted by molar-refractivity contribution is -0.385. The van der Waals surface area contributed by atoms with Crippen molar-refractivity contribution in [1.29, 1.82) is 0 Å². The zero-order valence-electron chi connectivity index (χ0n) is 13.6. The molecule has 0 aliphatic rings. The van der Waals surface area contributed by atoms with Crippen LogP contribution < -0.4 is 5.32 Å². The fraction of sp³-hybridized carbons (Fsp3) is 0.167. The van der Waals surface area contributed by atoms with Crippen molar-refractivity contribution in [2.45, 2.75) is 13.1 Å². The molecule has 0 radical (unpaired) electrons. The van der Waals surface area contributed by atoms with Crippen LogP contribution in [-0.2, 0) is 6.18 Å². The lowest BCUT2D eigenvalue weighted by Crippen LogP contribution is -2.23. The molecule has 2 aromatic carbocycles. The highest BCUT2D eigenvalue weighted by atomic mass is 19.4. The zero-order valence-corrected chi connectivity index (χ0v) is 13.6. The van der Waals surface area contributed by atoms with Crippen molar-refractivity contribution < 1.29 is 22.9 Å². The third-order valence-corrected chi connectivity index (χ3v) is 3.42. The van der Waals surface area contributed by atoms with E-state index in [1.807, 2.05) is 0 Å². The van der Waals surface area contributed by atoms with Crippen LogP contribution in [0.4, 0.5) is 18.9 Å². The smallest absolute Gasteiger partial charge is 0.341 e. The second-order valence-corrected chi connectivity index (χ2v) is 5.32. The van der Waals surface area contributed by atoms with E-state index in [-0.39, 0.29) is 23.4 Å². The van der Waals surface area contributed by atoms with E-state index in [9.17, 15) is 28.1 Å². The second-order valence-electron chi connectivity index (χ2n) is 5.32. The first-order chi connectivity index (χ1) is 12.2. The summed E-state index contributed by atoms with van der Waals surface area (Å²) >= 11 is 0. The van der Waals surface area contributed by atoms with Crippen LogP contribution >= 0.6 is 0 Å².